The number of halogens is 1. The van der Waals surface area contributed by atoms with Crippen LogP contribution in [0.1, 0.15) is 13.3 Å². The third kappa shape index (κ3) is 1.71. The van der Waals surface area contributed by atoms with Gasteiger partial charge in [0.25, 0.3) is 0 Å². The summed E-state index contributed by atoms with van der Waals surface area (Å²) in [4.78, 5) is 2.05. The van der Waals surface area contributed by atoms with Crippen LogP contribution in [0.2, 0.25) is 0 Å². The summed E-state index contributed by atoms with van der Waals surface area (Å²) in [5, 5.41) is 0. The Labute approximate surface area is 67.3 Å². The highest BCUT2D eigenvalue weighted by molar-refractivity contribution is 4.90. The monoisotopic (exact) mass is 161 g/mol. The molecule has 0 amide bonds. The normalized spacial score (nSPS) is 39.8. The average Bonchev–Trinajstić information content (AvgIpc) is 2.17. The van der Waals surface area contributed by atoms with Gasteiger partial charge in [0, 0.05) is 13.2 Å². The van der Waals surface area contributed by atoms with E-state index in [0.717, 1.165) is 0 Å². The molecule has 1 aliphatic heterocycles. The van der Waals surface area contributed by atoms with Crippen LogP contribution >= 0.6 is 0 Å². The van der Waals surface area contributed by atoms with E-state index in [1.54, 1.807) is 7.11 Å². The molecule has 1 fully saturated rings. The van der Waals surface area contributed by atoms with Gasteiger partial charge < -0.3 is 4.74 Å². The van der Waals surface area contributed by atoms with Gasteiger partial charge in [-0.1, -0.05) is 0 Å². The molecule has 2 nitrogen and oxygen atoms in total. The molecule has 0 saturated carbocycles. The molecular weight excluding hydrogens is 145 g/mol. The van der Waals surface area contributed by atoms with E-state index < -0.39 is 6.17 Å². The number of likely N-dealkylation sites (tertiary alicyclic amines) is 1. The zero-order valence-electron chi connectivity index (χ0n) is 7.38. The van der Waals surface area contributed by atoms with Crippen LogP contribution in [0.3, 0.4) is 0 Å². The van der Waals surface area contributed by atoms with Gasteiger partial charge in [0.2, 0.25) is 0 Å². The first-order valence-electron chi connectivity index (χ1n) is 4.01. The molecule has 0 N–H and O–H groups in total. The van der Waals surface area contributed by atoms with Crippen molar-refractivity contribution in [3.63, 3.8) is 0 Å². The predicted octanol–water partition coefficient (Wildman–Crippen LogP) is 1.06. The number of likely N-dealkylation sites (N-methyl/N-ethyl adjacent to an activating group) is 1. The van der Waals surface area contributed by atoms with Crippen LogP contribution < -0.4 is 0 Å². The predicted molar refractivity (Wildman–Crippen MR) is 42.4 cm³/mol. The molecule has 1 aliphatic rings. The van der Waals surface area contributed by atoms with Gasteiger partial charge in [0.1, 0.15) is 6.17 Å². The Morgan fingerprint density at radius 1 is 1.64 bits per heavy atom. The van der Waals surface area contributed by atoms with Crippen LogP contribution in [0, 0.1) is 0 Å². The van der Waals surface area contributed by atoms with E-state index in [2.05, 4.69) is 0 Å². The highest BCUT2D eigenvalue weighted by atomic mass is 19.1. The zero-order chi connectivity index (χ0) is 8.43. The average molecular weight is 161 g/mol. The van der Waals surface area contributed by atoms with Gasteiger partial charge in [-0.2, -0.15) is 0 Å². The lowest BCUT2D eigenvalue weighted by molar-refractivity contribution is 0.0896. The molecule has 1 saturated heterocycles. The first-order valence-corrected chi connectivity index (χ1v) is 4.01. The molecule has 0 aromatic heterocycles. The summed E-state index contributed by atoms with van der Waals surface area (Å²) in [5.41, 5.74) is 0. The van der Waals surface area contributed by atoms with Crippen LogP contribution in [0.15, 0.2) is 0 Å². The molecule has 1 heterocycles. The Hall–Kier alpha value is -0.150. The highest BCUT2D eigenvalue weighted by Crippen LogP contribution is 2.24. The minimum absolute atomic E-state index is 0.0324. The first-order chi connectivity index (χ1) is 5.16. The maximum absolute atomic E-state index is 13.2. The largest absolute Gasteiger partial charge is 0.383 e. The van der Waals surface area contributed by atoms with Gasteiger partial charge in [0.15, 0.2) is 0 Å². The Morgan fingerprint density at radius 2 is 2.27 bits per heavy atom. The van der Waals surface area contributed by atoms with E-state index in [0.29, 0.717) is 19.1 Å². The van der Waals surface area contributed by atoms with Crippen molar-refractivity contribution in [2.75, 3.05) is 20.8 Å². The lowest BCUT2D eigenvalue weighted by Gasteiger charge is -2.22. The second kappa shape index (κ2) is 3.50. The first kappa shape index (κ1) is 8.94. The van der Waals surface area contributed by atoms with E-state index >= 15 is 0 Å². The lowest BCUT2D eigenvalue weighted by atomic mass is 10.2. The standard InChI is InChI=1S/C8H16FNO/c1-6-4-7(9)8(5-11-3)10(6)2/h6-8H,4-5H2,1-3H3/t6-,7+,8-/m0/s1. The van der Waals surface area contributed by atoms with Gasteiger partial charge in [-0.15, -0.1) is 0 Å². The van der Waals surface area contributed by atoms with Gasteiger partial charge in [-0.25, -0.2) is 4.39 Å². The molecule has 11 heavy (non-hydrogen) atoms. The van der Waals surface area contributed by atoms with Crippen molar-refractivity contribution in [2.24, 2.45) is 0 Å². The second-order valence-corrected chi connectivity index (χ2v) is 3.29. The Bertz CT molecular complexity index is 131. The van der Waals surface area contributed by atoms with Gasteiger partial charge >= 0.3 is 0 Å². The van der Waals surface area contributed by atoms with Crippen LogP contribution in [0.5, 0.6) is 0 Å². The van der Waals surface area contributed by atoms with E-state index in [1.807, 2.05) is 18.9 Å². The number of ether oxygens (including phenoxy) is 1. The van der Waals surface area contributed by atoms with Crippen LogP contribution in [-0.2, 0) is 4.74 Å². The number of nitrogens with zero attached hydrogens (tertiary/aromatic N) is 1. The van der Waals surface area contributed by atoms with E-state index in [4.69, 9.17) is 4.74 Å². The summed E-state index contributed by atoms with van der Waals surface area (Å²) in [6, 6.07) is 0.320. The minimum atomic E-state index is -0.713. The fraction of sp³-hybridized carbons (Fsp3) is 1.00. The summed E-state index contributed by atoms with van der Waals surface area (Å²) < 4.78 is 18.1. The molecule has 0 radical (unpaired) electrons. The number of rotatable bonds is 2. The summed E-state index contributed by atoms with van der Waals surface area (Å²) in [6.45, 7) is 2.55. The zero-order valence-corrected chi connectivity index (χ0v) is 7.38. The van der Waals surface area contributed by atoms with Crippen molar-refractivity contribution in [1.29, 1.82) is 0 Å². The Balaban J connectivity index is 2.49. The fourth-order valence-electron chi connectivity index (χ4n) is 1.62. The van der Waals surface area contributed by atoms with Crippen LogP contribution in [0.25, 0.3) is 0 Å². The Kier molecular flexibility index (Phi) is 2.84. The third-order valence-electron chi connectivity index (χ3n) is 2.54. The van der Waals surface area contributed by atoms with Gasteiger partial charge in [-0.05, 0) is 20.4 Å². The lowest BCUT2D eigenvalue weighted by Crippen LogP contribution is -2.36. The van der Waals surface area contributed by atoms with E-state index in [1.165, 1.54) is 0 Å². The maximum Gasteiger partial charge on any atom is 0.119 e. The summed E-state index contributed by atoms with van der Waals surface area (Å²) in [6.07, 6.45) is -0.0696. The Morgan fingerprint density at radius 3 is 2.64 bits per heavy atom. The van der Waals surface area contributed by atoms with Crippen molar-refractivity contribution in [3.05, 3.63) is 0 Å². The fourth-order valence-corrected chi connectivity index (χ4v) is 1.62. The minimum Gasteiger partial charge on any atom is -0.383 e. The molecule has 0 unspecified atom stereocenters. The van der Waals surface area contributed by atoms with Crippen LogP contribution in [0.4, 0.5) is 4.39 Å². The number of hydrogen-bond donors (Lipinski definition) is 0. The van der Waals surface area contributed by atoms with Crippen LogP contribution in [-0.4, -0.2) is 43.9 Å². The van der Waals surface area contributed by atoms with Gasteiger partial charge in [0.05, 0.1) is 12.6 Å². The van der Waals surface area contributed by atoms with Crippen molar-refractivity contribution in [3.8, 4) is 0 Å². The van der Waals surface area contributed by atoms with Crippen molar-refractivity contribution in [1.82, 2.24) is 4.90 Å². The third-order valence-corrected chi connectivity index (χ3v) is 2.54. The summed E-state index contributed by atoms with van der Waals surface area (Å²) >= 11 is 0. The summed E-state index contributed by atoms with van der Waals surface area (Å²) in [7, 11) is 3.57. The van der Waals surface area contributed by atoms with Crippen molar-refractivity contribution >= 4 is 0 Å². The van der Waals surface area contributed by atoms with Gasteiger partial charge in [-0.3, -0.25) is 4.90 Å². The maximum atomic E-state index is 13.2. The molecule has 0 aromatic rings. The SMILES string of the molecule is COC[C@H]1[C@H](F)C[C@H](C)N1C. The summed E-state index contributed by atoms with van der Waals surface area (Å²) in [5.74, 6) is 0. The molecule has 0 aliphatic carbocycles. The quantitative estimate of drug-likeness (QED) is 0.600. The highest BCUT2D eigenvalue weighted by Gasteiger charge is 2.36. The molecule has 3 atom stereocenters. The second-order valence-electron chi connectivity index (χ2n) is 3.29. The molecule has 1 rings (SSSR count). The molecule has 0 aromatic carbocycles. The van der Waals surface area contributed by atoms with Crippen molar-refractivity contribution < 1.29 is 9.13 Å². The molecule has 66 valence electrons. The number of hydrogen-bond acceptors (Lipinski definition) is 2. The molecule has 3 heteroatoms. The van der Waals surface area contributed by atoms with E-state index in [9.17, 15) is 4.39 Å². The van der Waals surface area contributed by atoms with E-state index in [-0.39, 0.29) is 6.04 Å². The molecular formula is C8H16FNO. The van der Waals surface area contributed by atoms with Crippen molar-refractivity contribution in [2.45, 2.75) is 31.6 Å². The topological polar surface area (TPSA) is 12.5 Å². The number of alkyl halides is 1. The molecule has 0 spiro atoms. The number of methoxy groups -OCH3 is 1. The molecule has 0 bridgehead atoms. The smallest absolute Gasteiger partial charge is 0.119 e.